The molecule has 5 rings (SSSR count). The minimum atomic E-state index is -4.26. The van der Waals surface area contributed by atoms with E-state index in [1.165, 1.54) is 22.0 Å². The van der Waals surface area contributed by atoms with Crippen LogP contribution >= 0.6 is 0 Å². The molecule has 0 amide bonds. The van der Waals surface area contributed by atoms with Crippen molar-refractivity contribution in [1.82, 2.24) is 9.78 Å². The Morgan fingerprint density at radius 2 is 1.97 bits per heavy atom. The van der Waals surface area contributed by atoms with E-state index in [0.717, 1.165) is 72.5 Å². The summed E-state index contributed by atoms with van der Waals surface area (Å²) in [6.45, 7) is 0.869. The van der Waals surface area contributed by atoms with E-state index in [-0.39, 0.29) is 12.6 Å². The van der Waals surface area contributed by atoms with Crippen molar-refractivity contribution in [1.29, 1.82) is 0 Å². The molecule has 2 heterocycles. The van der Waals surface area contributed by atoms with Crippen LogP contribution in [0.15, 0.2) is 22.9 Å². The molecule has 0 radical (unpaired) electrons. The standard InChI is InChI=1S/C23H31N5O4S/c1-27-15-18(14-24-27)28(11-10-19-7-4-12-32-19)33(30,31)26-23(29)25-22-20-8-2-5-16(20)13-17-6-3-9-21(17)22/h13-15,19H,2-12H2,1H3,(H2,25,26,29)/p-1. The second-order valence-corrected chi connectivity index (χ2v) is 10.6. The summed E-state index contributed by atoms with van der Waals surface area (Å²) in [5.41, 5.74) is 5.98. The molecule has 0 bridgehead atoms. The van der Waals surface area contributed by atoms with E-state index in [9.17, 15) is 13.5 Å². The molecular formula is C23H30N5O4S-. The molecule has 1 N–H and O–H groups in total. The summed E-state index contributed by atoms with van der Waals surface area (Å²) in [7, 11) is -2.55. The Morgan fingerprint density at radius 1 is 1.24 bits per heavy atom. The molecule has 2 aromatic rings. The Bertz CT molecular complexity index is 1140. The number of anilines is 2. The van der Waals surface area contributed by atoms with Crippen LogP contribution in [-0.4, -0.2) is 43.5 Å². The zero-order valence-electron chi connectivity index (χ0n) is 18.9. The highest BCUT2D eigenvalue weighted by Crippen LogP contribution is 2.38. The first-order valence-corrected chi connectivity index (χ1v) is 13.1. The van der Waals surface area contributed by atoms with Crippen molar-refractivity contribution < 1.29 is 18.3 Å². The van der Waals surface area contributed by atoms with Gasteiger partial charge in [0.2, 0.25) is 0 Å². The Hall–Kier alpha value is -2.59. The maximum Gasteiger partial charge on any atom is 0.345 e. The maximum absolute atomic E-state index is 13.2. The molecule has 1 aromatic heterocycles. The van der Waals surface area contributed by atoms with E-state index < -0.39 is 16.2 Å². The lowest BCUT2D eigenvalue weighted by atomic mass is 9.99. The van der Waals surface area contributed by atoms with Gasteiger partial charge in [0.25, 0.3) is 0 Å². The second-order valence-electron chi connectivity index (χ2n) is 9.10. The van der Waals surface area contributed by atoms with Gasteiger partial charge in [0.15, 0.2) is 0 Å². The molecule has 1 fully saturated rings. The molecule has 33 heavy (non-hydrogen) atoms. The lowest BCUT2D eigenvalue weighted by Crippen LogP contribution is -2.36. The van der Waals surface area contributed by atoms with Crippen LogP contribution in [0.3, 0.4) is 0 Å². The molecule has 10 heteroatoms. The van der Waals surface area contributed by atoms with E-state index >= 15 is 0 Å². The van der Waals surface area contributed by atoms with Gasteiger partial charge in [0.1, 0.15) is 0 Å². The number of aryl methyl sites for hydroxylation is 3. The van der Waals surface area contributed by atoms with Gasteiger partial charge in [0.05, 0.1) is 24.0 Å². The molecule has 1 unspecified atom stereocenters. The van der Waals surface area contributed by atoms with Crippen LogP contribution in [0, 0.1) is 0 Å². The quantitative estimate of drug-likeness (QED) is 0.486. The van der Waals surface area contributed by atoms with Gasteiger partial charge >= 0.3 is 10.2 Å². The lowest BCUT2D eigenvalue weighted by Gasteiger charge is -2.24. The molecule has 0 spiro atoms. The van der Waals surface area contributed by atoms with E-state index in [4.69, 9.17) is 4.74 Å². The fraction of sp³-hybridized carbons (Fsp3) is 0.565. The summed E-state index contributed by atoms with van der Waals surface area (Å²) < 4.78 is 38.5. The van der Waals surface area contributed by atoms with Crippen LogP contribution < -0.4 is 14.7 Å². The third-order valence-electron chi connectivity index (χ3n) is 6.84. The van der Waals surface area contributed by atoms with Crippen LogP contribution in [0.5, 0.6) is 0 Å². The summed E-state index contributed by atoms with van der Waals surface area (Å²) in [4.78, 5) is 0. The first kappa shape index (κ1) is 22.2. The first-order chi connectivity index (χ1) is 15.9. The van der Waals surface area contributed by atoms with E-state index in [2.05, 4.69) is 20.9 Å². The minimum Gasteiger partial charge on any atom is -0.845 e. The molecule has 2 aliphatic carbocycles. The average molecular weight is 473 g/mol. The van der Waals surface area contributed by atoms with Gasteiger partial charge in [-0.3, -0.25) is 4.68 Å². The second kappa shape index (κ2) is 8.98. The molecule has 178 valence electrons. The zero-order chi connectivity index (χ0) is 23.0. The molecular weight excluding hydrogens is 442 g/mol. The monoisotopic (exact) mass is 472 g/mol. The molecule has 1 aromatic carbocycles. The molecule has 1 atom stereocenters. The van der Waals surface area contributed by atoms with Crippen molar-refractivity contribution in [2.75, 3.05) is 22.8 Å². The number of fused-ring (bicyclic) bond motifs is 2. The van der Waals surface area contributed by atoms with E-state index in [1.807, 2.05) is 0 Å². The van der Waals surface area contributed by atoms with Gasteiger partial charge < -0.3 is 15.2 Å². The molecule has 1 saturated heterocycles. The fourth-order valence-electron chi connectivity index (χ4n) is 5.30. The van der Waals surface area contributed by atoms with Crippen LogP contribution in [0.4, 0.5) is 11.4 Å². The number of amidine groups is 1. The molecule has 0 saturated carbocycles. The third-order valence-corrected chi connectivity index (χ3v) is 8.19. The highest BCUT2D eigenvalue weighted by molar-refractivity contribution is 7.91. The minimum absolute atomic E-state index is 0.0164. The van der Waals surface area contributed by atoms with Gasteiger partial charge in [-0.25, -0.2) is 4.31 Å². The van der Waals surface area contributed by atoms with Crippen molar-refractivity contribution in [3.05, 3.63) is 40.7 Å². The Balaban J connectivity index is 1.41. The van der Waals surface area contributed by atoms with Gasteiger partial charge in [-0.2, -0.15) is 13.5 Å². The summed E-state index contributed by atoms with van der Waals surface area (Å²) >= 11 is 0. The number of ether oxygens (including phenoxy) is 1. The SMILES string of the molecule is Cn1cc(N(CCC2CCCO2)S(=O)(=O)/N=C(\[O-])Nc2c3c(cc4c2CCC4)CCC3)cn1. The topological polar surface area (TPSA) is 112 Å². The van der Waals surface area contributed by atoms with Crippen molar-refractivity contribution in [2.45, 2.75) is 63.9 Å². The highest BCUT2D eigenvalue weighted by Gasteiger charge is 2.27. The number of nitrogens with zero attached hydrogens (tertiary/aromatic N) is 4. The largest absolute Gasteiger partial charge is 0.845 e. The van der Waals surface area contributed by atoms with Crippen LogP contribution in [0.25, 0.3) is 0 Å². The Morgan fingerprint density at radius 3 is 2.58 bits per heavy atom. The maximum atomic E-state index is 13.2. The summed E-state index contributed by atoms with van der Waals surface area (Å²) in [6.07, 6.45) is 11.4. The third kappa shape index (κ3) is 4.59. The zero-order valence-corrected chi connectivity index (χ0v) is 19.7. The van der Waals surface area contributed by atoms with Crippen molar-refractivity contribution in [2.24, 2.45) is 11.4 Å². The van der Waals surface area contributed by atoms with Gasteiger partial charge in [-0.1, -0.05) is 6.07 Å². The van der Waals surface area contributed by atoms with Crippen LogP contribution in [0.2, 0.25) is 0 Å². The van der Waals surface area contributed by atoms with Crippen molar-refractivity contribution in [3.63, 3.8) is 0 Å². The van der Waals surface area contributed by atoms with E-state index in [0.29, 0.717) is 18.7 Å². The molecule has 9 nitrogen and oxygen atoms in total. The van der Waals surface area contributed by atoms with Crippen molar-refractivity contribution >= 4 is 27.6 Å². The van der Waals surface area contributed by atoms with Crippen LogP contribution in [-0.2, 0) is 47.7 Å². The Labute approximate surface area is 194 Å². The fourth-order valence-corrected chi connectivity index (χ4v) is 6.35. The van der Waals surface area contributed by atoms with Crippen molar-refractivity contribution in [3.8, 4) is 0 Å². The lowest BCUT2D eigenvalue weighted by molar-refractivity contribution is -0.213. The number of nitrogens with one attached hydrogen (secondary N) is 1. The number of aromatic nitrogens is 2. The first-order valence-electron chi connectivity index (χ1n) is 11.7. The predicted octanol–water partition coefficient (Wildman–Crippen LogP) is 1.85. The normalized spacial score (nSPS) is 20.2. The smallest absolute Gasteiger partial charge is 0.345 e. The van der Waals surface area contributed by atoms with Gasteiger partial charge in [0, 0.05) is 32.1 Å². The average Bonchev–Trinajstić information content (AvgIpc) is 3.55. The van der Waals surface area contributed by atoms with E-state index in [1.54, 1.807) is 13.2 Å². The number of hydrogen-bond acceptors (Lipinski definition) is 5. The number of benzene rings is 1. The predicted molar refractivity (Wildman–Crippen MR) is 125 cm³/mol. The Kier molecular flexibility index (Phi) is 6.05. The summed E-state index contributed by atoms with van der Waals surface area (Å²) in [5, 5.41) is 19.8. The molecule has 1 aliphatic heterocycles. The number of hydrogen-bond donors (Lipinski definition) is 1. The highest BCUT2D eigenvalue weighted by atomic mass is 32.2. The number of rotatable bonds is 7. The van der Waals surface area contributed by atoms with Crippen LogP contribution in [0.1, 0.15) is 54.4 Å². The van der Waals surface area contributed by atoms with Gasteiger partial charge in [-0.15, -0.1) is 4.40 Å². The summed E-state index contributed by atoms with van der Waals surface area (Å²) in [6, 6.07) is 1.42. The van der Waals surface area contributed by atoms with Gasteiger partial charge in [-0.05, 0) is 80.0 Å². The molecule has 3 aliphatic rings. The summed E-state index contributed by atoms with van der Waals surface area (Å²) in [5.74, 6) is 0.